The van der Waals surface area contributed by atoms with Gasteiger partial charge in [-0.3, -0.25) is 0 Å². The van der Waals surface area contributed by atoms with Gasteiger partial charge in [-0.1, -0.05) is 36.4 Å². The molecule has 3 nitrogen and oxygen atoms in total. The molecular formula is C21H29N3. The van der Waals surface area contributed by atoms with E-state index in [1.807, 2.05) is 0 Å². The second-order valence-corrected chi connectivity index (χ2v) is 7.02. The molecule has 0 atom stereocenters. The van der Waals surface area contributed by atoms with Crippen molar-refractivity contribution in [1.82, 2.24) is 4.90 Å². The van der Waals surface area contributed by atoms with E-state index in [0.29, 0.717) is 6.04 Å². The first kappa shape index (κ1) is 16.8. The van der Waals surface area contributed by atoms with Crippen molar-refractivity contribution < 1.29 is 0 Å². The fourth-order valence-electron chi connectivity index (χ4n) is 3.29. The largest absolute Gasteiger partial charge is 0.369 e. The van der Waals surface area contributed by atoms with Crippen LogP contribution in [0.3, 0.4) is 0 Å². The molecule has 0 amide bonds. The van der Waals surface area contributed by atoms with Crippen molar-refractivity contribution in [2.75, 3.05) is 43.0 Å². The van der Waals surface area contributed by atoms with Crippen molar-refractivity contribution >= 4 is 11.4 Å². The van der Waals surface area contributed by atoms with Crippen molar-refractivity contribution in [3.8, 4) is 0 Å². The lowest BCUT2D eigenvalue weighted by atomic mass is 10.1. The Balaban J connectivity index is 1.79. The Labute approximate surface area is 146 Å². The number of hydrogen-bond acceptors (Lipinski definition) is 3. The molecule has 1 heterocycles. The molecule has 0 bridgehead atoms. The molecule has 3 rings (SSSR count). The molecule has 0 radical (unpaired) electrons. The van der Waals surface area contributed by atoms with E-state index in [-0.39, 0.29) is 0 Å². The molecule has 3 heteroatoms. The Morgan fingerprint density at radius 2 is 1.62 bits per heavy atom. The fourth-order valence-corrected chi connectivity index (χ4v) is 3.29. The number of likely N-dealkylation sites (N-methyl/N-ethyl adjacent to an activating group) is 1. The molecule has 1 aliphatic heterocycles. The van der Waals surface area contributed by atoms with Crippen molar-refractivity contribution in [2.45, 2.75) is 26.4 Å². The van der Waals surface area contributed by atoms with Crippen LogP contribution in [0.1, 0.15) is 19.4 Å². The zero-order chi connectivity index (χ0) is 16.9. The molecule has 0 aliphatic carbocycles. The minimum atomic E-state index is 0.466. The second-order valence-electron chi connectivity index (χ2n) is 7.02. The van der Waals surface area contributed by atoms with Gasteiger partial charge in [-0.2, -0.15) is 0 Å². The Bertz CT molecular complexity index is 631. The molecule has 1 aliphatic rings. The molecule has 0 N–H and O–H groups in total. The predicted molar refractivity (Wildman–Crippen MR) is 104 cm³/mol. The first-order valence-corrected chi connectivity index (χ1v) is 8.97. The SMILES string of the molecule is CC(C)N(Cc1ccccc1)c1cccc(N2CCN(C)CC2)c1. The summed E-state index contributed by atoms with van der Waals surface area (Å²) >= 11 is 0. The van der Waals surface area contributed by atoms with Gasteiger partial charge in [-0.15, -0.1) is 0 Å². The summed E-state index contributed by atoms with van der Waals surface area (Å²) < 4.78 is 0. The number of rotatable bonds is 5. The summed E-state index contributed by atoms with van der Waals surface area (Å²) in [4.78, 5) is 7.38. The van der Waals surface area contributed by atoms with Gasteiger partial charge in [0.1, 0.15) is 0 Å². The molecule has 0 aromatic heterocycles. The first-order valence-electron chi connectivity index (χ1n) is 8.97. The smallest absolute Gasteiger partial charge is 0.0432 e. The number of nitrogens with zero attached hydrogens (tertiary/aromatic N) is 3. The molecule has 1 saturated heterocycles. The van der Waals surface area contributed by atoms with Gasteiger partial charge in [-0.25, -0.2) is 0 Å². The molecular weight excluding hydrogens is 294 g/mol. The maximum atomic E-state index is 2.50. The van der Waals surface area contributed by atoms with Crippen LogP contribution in [0.15, 0.2) is 54.6 Å². The van der Waals surface area contributed by atoms with E-state index < -0.39 is 0 Å². The van der Waals surface area contributed by atoms with Gasteiger partial charge in [0.25, 0.3) is 0 Å². The van der Waals surface area contributed by atoms with Crippen LogP contribution in [-0.2, 0) is 6.54 Å². The van der Waals surface area contributed by atoms with E-state index in [1.165, 1.54) is 16.9 Å². The van der Waals surface area contributed by atoms with Gasteiger partial charge in [0, 0.05) is 50.1 Å². The number of anilines is 2. The normalized spacial score (nSPS) is 15.8. The van der Waals surface area contributed by atoms with Crippen LogP contribution in [0.25, 0.3) is 0 Å². The van der Waals surface area contributed by atoms with Crippen molar-refractivity contribution in [3.63, 3.8) is 0 Å². The van der Waals surface area contributed by atoms with Crippen molar-refractivity contribution in [2.24, 2.45) is 0 Å². The summed E-state index contributed by atoms with van der Waals surface area (Å²) in [5, 5.41) is 0. The predicted octanol–water partition coefficient (Wildman–Crippen LogP) is 3.85. The highest BCUT2D eigenvalue weighted by Gasteiger charge is 2.16. The van der Waals surface area contributed by atoms with Crippen molar-refractivity contribution in [1.29, 1.82) is 0 Å². The van der Waals surface area contributed by atoms with E-state index in [0.717, 1.165) is 32.7 Å². The van der Waals surface area contributed by atoms with Crippen LogP contribution in [0.4, 0.5) is 11.4 Å². The second kappa shape index (κ2) is 7.71. The minimum absolute atomic E-state index is 0.466. The number of piperazine rings is 1. The monoisotopic (exact) mass is 323 g/mol. The van der Waals surface area contributed by atoms with Crippen LogP contribution >= 0.6 is 0 Å². The number of benzene rings is 2. The lowest BCUT2D eigenvalue weighted by Crippen LogP contribution is -2.44. The molecule has 0 spiro atoms. The van der Waals surface area contributed by atoms with Gasteiger partial charge in [0.05, 0.1) is 0 Å². The minimum Gasteiger partial charge on any atom is -0.369 e. The van der Waals surface area contributed by atoms with Crippen LogP contribution in [0.2, 0.25) is 0 Å². The average Bonchev–Trinajstić information content (AvgIpc) is 2.61. The summed E-state index contributed by atoms with van der Waals surface area (Å²) in [6, 6.07) is 20.2. The fraction of sp³-hybridized carbons (Fsp3) is 0.429. The van der Waals surface area contributed by atoms with E-state index >= 15 is 0 Å². The quantitative estimate of drug-likeness (QED) is 0.827. The van der Waals surface area contributed by atoms with Crippen molar-refractivity contribution in [3.05, 3.63) is 60.2 Å². The summed E-state index contributed by atoms with van der Waals surface area (Å²) in [7, 11) is 2.20. The van der Waals surface area contributed by atoms with Gasteiger partial charge in [0.2, 0.25) is 0 Å². The van der Waals surface area contributed by atoms with E-state index in [1.54, 1.807) is 0 Å². The van der Waals surface area contributed by atoms with Gasteiger partial charge >= 0.3 is 0 Å². The molecule has 2 aromatic rings. The highest BCUT2D eigenvalue weighted by Crippen LogP contribution is 2.26. The first-order chi connectivity index (χ1) is 11.6. The third-order valence-electron chi connectivity index (χ3n) is 4.85. The third-order valence-corrected chi connectivity index (χ3v) is 4.85. The van der Waals surface area contributed by atoms with Gasteiger partial charge in [-0.05, 0) is 44.7 Å². The maximum absolute atomic E-state index is 2.50. The highest BCUT2D eigenvalue weighted by molar-refractivity contribution is 5.60. The van der Waals surface area contributed by atoms with Gasteiger partial charge < -0.3 is 14.7 Å². The molecule has 1 fully saturated rings. The maximum Gasteiger partial charge on any atom is 0.0432 e. The van der Waals surface area contributed by atoms with Crippen LogP contribution in [0, 0.1) is 0 Å². The molecule has 0 unspecified atom stereocenters. The summed E-state index contributed by atoms with van der Waals surface area (Å²) in [5.74, 6) is 0. The zero-order valence-corrected chi connectivity index (χ0v) is 15.2. The summed E-state index contributed by atoms with van der Waals surface area (Å²) in [5.41, 5.74) is 4.01. The summed E-state index contributed by atoms with van der Waals surface area (Å²) in [6.07, 6.45) is 0. The van der Waals surface area contributed by atoms with Crippen LogP contribution in [0.5, 0.6) is 0 Å². The Kier molecular flexibility index (Phi) is 5.41. The number of hydrogen-bond donors (Lipinski definition) is 0. The van der Waals surface area contributed by atoms with E-state index in [4.69, 9.17) is 0 Å². The Morgan fingerprint density at radius 1 is 0.917 bits per heavy atom. The summed E-state index contributed by atoms with van der Waals surface area (Å²) in [6.45, 7) is 9.99. The standard InChI is InChI=1S/C21H29N3/c1-18(2)24(17-19-8-5-4-6-9-19)21-11-7-10-20(16-21)23-14-12-22(3)13-15-23/h4-11,16,18H,12-15,17H2,1-3H3. The molecule has 24 heavy (non-hydrogen) atoms. The highest BCUT2D eigenvalue weighted by atomic mass is 15.2. The molecule has 0 saturated carbocycles. The zero-order valence-electron chi connectivity index (χ0n) is 15.2. The molecule has 128 valence electrons. The average molecular weight is 323 g/mol. The van der Waals surface area contributed by atoms with Gasteiger partial charge in [0.15, 0.2) is 0 Å². The van der Waals surface area contributed by atoms with E-state index in [9.17, 15) is 0 Å². The van der Waals surface area contributed by atoms with E-state index in [2.05, 4.69) is 90.2 Å². The lowest BCUT2D eigenvalue weighted by molar-refractivity contribution is 0.313. The third kappa shape index (κ3) is 4.09. The molecule has 2 aromatic carbocycles. The lowest BCUT2D eigenvalue weighted by Gasteiger charge is -2.35. The topological polar surface area (TPSA) is 9.72 Å². The van der Waals surface area contributed by atoms with Crippen LogP contribution < -0.4 is 9.80 Å². The van der Waals surface area contributed by atoms with Crippen LogP contribution in [-0.4, -0.2) is 44.2 Å². The Hall–Kier alpha value is -2.00. The Morgan fingerprint density at radius 3 is 2.29 bits per heavy atom.